The Bertz CT molecular complexity index is 837. The highest BCUT2D eigenvalue weighted by Gasteiger charge is 2.22. The number of rotatable bonds is 6. The first-order chi connectivity index (χ1) is 13.5. The van der Waals surface area contributed by atoms with Gasteiger partial charge in [-0.1, -0.05) is 12.1 Å². The van der Waals surface area contributed by atoms with Crippen molar-refractivity contribution < 1.29 is 14.3 Å². The van der Waals surface area contributed by atoms with Gasteiger partial charge in [-0.15, -0.1) is 0 Å². The third kappa shape index (κ3) is 4.71. The van der Waals surface area contributed by atoms with E-state index in [1.807, 2.05) is 61.2 Å². The molecule has 1 aliphatic heterocycles. The number of ether oxygens (including phenoxy) is 1. The number of methoxy groups -OCH3 is 1. The molecule has 1 saturated heterocycles. The van der Waals surface area contributed by atoms with Crippen LogP contribution in [0.1, 0.15) is 34.3 Å². The molecule has 0 unspecified atom stereocenters. The lowest BCUT2D eigenvalue weighted by atomic mass is 10.0. The van der Waals surface area contributed by atoms with Gasteiger partial charge >= 0.3 is 0 Å². The van der Waals surface area contributed by atoms with Gasteiger partial charge in [0.1, 0.15) is 5.75 Å². The number of nitrogens with zero attached hydrogens (tertiary/aromatic N) is 2. The minimum Gasteiger partial charge on any atom is -0.497 e. The van der Waals surface area contributed by atoms with Gasteiger partial charge in [-0.05, 0) is 55.3 Å². The van der Waals surface area contributed by atoms with E-state index in [2.05, 4.69) is 4.90 Å². The first-order valence-corrected chi connectivity index (χ1v) is 9.75. The maximum absolute atomic E-state index is 12.5. The fraction of sp³-hybridized carbons (Fsp3) is 0.391. The van der Waals surface area contributed by atoms with E-state index in [0.29, 0.717) is 18.7 Å². The third-order valence-electron chi connectivity index (χ3n) is 5.46. The number of amides is 1. The second-order valence-electron chi connectivity index (χ2n) is 7.29. The SMILES string of the molecule is COc1ccc(N2CCN(C(=O)CCC(=O)c3ccc(C)c(C)c3)CC2)cc1. The van der Waals surface area contributed by atoms with Crippen LogP contribution in [0.4, 0.5) is 5.69 Å². The number of hydrogen-bond donors (Lipinski definition) is 0. The summed E-state index contributed by atoms with van der Waals surface area (Å²) in [5.41, 5.74) is 4.10. The fourth-order valence-corrected chi connectivity index (χ4v) is 3.44. The molecule has 28 heavy (non-hydrogen) atoms. The summed E-state index contributed by atoms with van der Waals surface area (Å²) in [6, 6.07) is 13.7. The Hall–Kier alpha value is -2.82. The molecule has 2 aromatic rings. The zero-order valence-corrected chi connectivity index (χ0v) is 16.9. The van der Waals surface area contributed by atoms with Gasteiger partial charge in [0.15, 0.2) is 5.78 Å². The molecule has 5 heteroatoms. The topological polar surface area (TPSA) is 49.9 Å². The summed E-state index contributed by atoms with van der Waals surface area (Å²) in [5.74, 6) is 0.936. The summed E-state index contributed by atoms with van der Waals surface area (Å²) in [6.45, 7) is 6.98. The maximum Gasteiger partial charge on any atom is 0.223 e. The van der Waals surface area contributed by atoms with E-state index < -0.39 is 0 Å². The summed E-state index contributed by atoms with van der Waals surface area (Å²) in [7, 11) is 1.66. The van der Waals surface area contributed by atoms with Gasteiger partial charge < -0.3 is 14.5 Å². The van der Waals surface area contributed by atoms with E-state index in [9.17, 15) is 9.59 Å². The van der Waals surface area contributed by atoms with Gasteiger partial charge in [-0.3, -0.25) is 9.59 Å². The predicted molar refractivity (Wildman–Crippen MR) is 111 cm³/mol. The lowest BCUT2D eigenvalue weighted by molar-refractivity contribution is -0.131. The number of aryl methyl sites for hydroxylation is 2. The highest BCUT2D eigenvalue weighted by molar-refractivity contribution is 5.98. The second kappa shape index (κ2) is 8.91. The maximum atomic E-state index is 12.5. The third-order valence-corrected chi connectivity index (χ3v) is 5.46. The zero-order chi connectivity index (χ0) is 20.1. The molecule has 5 nitrogen and oxygen atoms in total. The van der Waals surface area contributed by atoms with Crippen LogP contribution in [0.2, 0.25) is 0 Å². The quantitative estimate of drug-likeness (QED) is 0.718. The predicted octanol–water partition coefficient (Wildman–Crippen LogP) is 3.62. The summed E-state index contributed by atoms with van der Waals surface area (Å²) >= 11 is 0. The first kappa shape index (κ1) is 19.9. The van der Waals surface area contributed by atoms with Crippen LogP contribution in [-0.4, -0.2) is 49.9 Å². The number of piperazine rings is 1. The van der Waals surface area contributed by atoms with Crippen molar-refractivity contribution >= 4 is 17.4 Å². The molecule has 1 aliphatic rings. The van der Waals surface area contributed by atoms with Crippen LogP contribution in [-0.2, 0) is 4.79 Å². The van der Waals surface area contributed by atoms with Gasteiger partial charge in [0.2, 0.25) is 5.91 Å². The van der Waals surface area contributed by atoms with Crippen LogP contribution in [0.25, 0.3) is 0 Å². The highest BCUT2D eigenvalue weighted by Crippen LogP contribution is 2.21. The monoisotopic (exact) mass is 380 g/mol. The van der Waals surface area contributed by atoms with Crippen LogP contribution in [0.5, 0.6) is 5.75 Å². The second-order valence-corrected chi connectivity index (χ2v) is 7.29. The Kier molecular flexibility index (Phi) is 6.34. The molecule has 0 radical (unpaired) electrons. The van der Waals surface area contributed by atoms with Crippen LogP contribution in [0.15, 0.2) is 42.5 Å². The van der Waals surface area contributed by atoms with E-state index in [4.69, 9.17) is 4.74 Å². The van der Waals surface area contributed by atoms with Crippen LogP contribution >= 0.6 is 0 Å². The largest absolute Gasteiger partial charge is 0.497 e. The fourth-order valence-electron chi connectivity index (χ4n) is 3.44. The summed E-state index contributed by atoms with van der Waals surface area (Å²) in [6.07, 6.45) is 0.536. The molecule has 0 bridgehead atoms. The summed E-state index contributed by atoms with van der Waals surface area (Å²) in [4.78, 5) is 29.1. The van der Waals surface area contributed by atoms with E-state index in [0.717, 1.165) is 30.1 Å². The molecule has 3 rings (SSSR count). The van der Waals surface area contributed by atoms with Crippen molar-refractivity contribution in [2.45, 2.75) is 26.7 Å². The normalized spacial score (nSPS) is 14.1. The molecule has 0 aromatic heterocycles. The number of Topliss-reactive ketones (excluding diaryl/α,β-unsaturated/α-hetero) is 1. The standard InChI is InChI=1S/C23H28N2O3/c1-17-4-5-19(16-18(17)2)22(26)10-11-23(27)25-14-12-24(13-15-25)20-6-8-21(28-3)9-7-20/h4-9,16H,10-15H2,1-3H3. The average molecular weight is 380 g/mol. The Balaban J connectivity index is 1.48. The molecular weight excluding hydrogens is 352 g/mol. The number of ketones is 1. The van der Waals surface area contributed by atoms with Gasteiger partial charge in [-0.2, -0.15) is 0 Å². The number of benzene rings is 2. The highest BCUT2D eigenvalue weighted by atomic mass is 16.5. The van der Waals surface area contributed by atoms with E-state index >= 15 is 0 Å². The van der Waals surface area contributed by atoms with Crippen LogP contribution in [0.3, 0.4) is 0 Å². The summed E-state index contributed by atoms with van der Waals surface area (Å²) < 4.78 is 5.20. The van der Waals surface area contributed by atoms with E-state index in [1.165, 1.54) is 5.56 Å². The van der Waals surface area contributed by atoms with Crippen molar-refractivity contribution in [3.05, 3.63) is 59.2 Å². The zero-order valence-electron chi connectivity index (χ0n) is 16.9. The van der Waals surface area contributed by atoms with Gasteiger partial charge in [0, 0.05) is 50.3 Å². The Morgan fingerprint density at radius 2 is 1.57 bits per heavy atom. The van der Waals surface area contributed by atoms with E-state index in [1.54, 1.807) is 7.11 Å². The summed E-state index contributed by atoms with van der Waals surface area (Å²) in [5, 5.41) is 0. The Morgan fingerprint density at radius 1 is 0.893 bits per heavy atom. The molecule has 2 aromatic carbocycles. The molecule has 1 amide bonds. The van der Waals surface area contributed by atoms with Crippen LogP contribution in [0, 0.1) is 13.8 Å². The van der Waals surface area contributed by atoms with Gasteiger partial charge in [-0.25, -0.2) is 0 Å². The van der Waals surface area contributed by atoms with E-state index in [-0.39, 0.29) is 24.5 Å². The molecular formula is C23H28N2O3. The number of carbonyl (C=O) groups is 2. The first-order valence-electron chi connectivity index (χ1n) is 9.75. The minimum atomic E-state index is 0.0355. The van der Waals surface area contributed by atoms with Crippen molar-refractivity contribution in [1.82, 2.24) is 4.90 Å². The van der Waals surface area contributed by atoms with Crippen molar-refractivity contribution in [3.8, 4) is 5.75 Å². The smallest absolute Gasteiger partial charge is 0.223 e. The molecule has 0 N–H and O–H groups in total. The average Bonchev–Trinajstić information content (AvgIpc) is 2.74. The number of anilines is 1. The number of hydrogen-bond acceptors (Lipinski definition) is 4. The molecule has 0 atom stereocenters. The van der Waals surface area contributed by atoms with Crippen molar-refractivity contribution in [2.75, 3.05) is 38.2 Å². The molecule has 1 heterocycles. The van der Waals surface area contributed by atoms with Crippen molar-refractivity contribution in [3.63, 3.8) is 0 Å². The lowest BCUT2D eigenvalue weighted by Crippen LogP contribution is -2.48. The van der Waals surface area contributed by atoms with Gasteiger partial charge in [0.25, 0.3) is 0 Å². The Morgan fingerprint density at radius 3 is 2.18 bits per heavy atom. The van der Waals surface area contributed by atoms with Crippen molar-refractivity contribution in [2.24, 2.45) is 0 Å². The molecule has 0 aliphatic carbocycles. The molecule has 0 saturated carbocycles. The molecule has 148 valence electrons. The number of carbonyl (C=O) groups excluding carboxylic acids is 2. The van der Waals surface area contributed by atoms with Crippen LogP contribution < -0.4 is 9.64 Å². The van der Waals surface area contributed by atoms with Crippen molar-refractivity contribution in [1.29, 1.82) is 0 Å². The minimum absolute atomic E-state index is 0.0355. The molecule has 0 spiro atoms. The van der Waals surface area contributed by atoms with Gasteiger partial charge in [0.05, 0.1) is 7.11 Å². The Labute approximate surface area is 166 Å². The molecule has 1 fully saturated rings. The lowest BCUT2D eigenvalue weighted by Gasteiger charge is -2.36.